The molecule has 1 saturated heterocycles. The number of thiazole rings is 1. The summed E-state index contributed by atoms with van der Waals surface area (Å²) in [5, 5.41) is 3.72. The molecule has 3 rings (SSSR count). The molecular weight excluding hydrogens is 216 g/mol. The quantitative estimate of drug-likeness (QED) is 0.854. The van der Waals surface area contributed by atoms with Gasteiger partial charge in [-0.1, -0.05) is 19.8 Å². The molecule has 88 valence electrons. The lowest BCUT2D eigenvalue weighted by molar-refractivity contribution is 0.165. The van der Waals surface area contributed by atoms with E-state index in [4.69, 9.17) is 0 Å². The van der Waals surface area contributed by atoms with E-state index in [1.807, 2.05) is 16.8 Å². The molecule has 0 amide bonds. The van der Waals surface area contributed by atoms with E-state index in [2.05, 4.69) is 17.2 Å². The maximum Gasteiger partial charge on any atom is 0.0797 e. The molecule has 0 spiro atoms. The highest BCUT2D eigenvalue weighted by Gasteiger charge is 2.37. The van der Waals surface area contributed by atoms with E-state index in [0.717, 1.165) is 17.9 Å². The molecule has 16 heavy (non-hydrogen) atoms. The molecule has 0 bridgehead atoms. The minimum absolute atomic E-state index is 0.734. The molecule has 1 aliphatic carbocycles. The zero-order valence-corrected chi connectivity index (χ0v) is 10.7. The number of nitrogens with zero attached hydrogens (tertiary/aromatic N) is 1. The fourth-order valence-electron chi connectivity index (χ4n) is 3.46. The third kappa shape index (κ3) is 1.80. The molecule has 0 aromatic carbocycles. The Bertz CT molecular complexity index is 359. The number of nitrogens with one attached hydrogen (secondary N) is 1. The van der Waals surface area contributed by atoms with Crippen molar-refractivity contribution in [3.05, 3.63) is 16.1 Å². The molecule has 2 heterocycles. The van der Waals surface area contributed by atoms with Crippen LogP contribution in [-0.4, -0.2) is 17.6 Å². The first-order chi connectivity index (χ1) is 7.88. The van der Waals surface area contributed by atoms with Gasteiger partial charge < -0.3 is 5.32 Å². The third-order valence-corrected chi connectivity index (χ3v) is 5.16. The van der Waals surface area contributed by atoms with Crippen LogP contribution in [0.1, 0.15) is 36.8 Å². The first-order valence-electron chi connectivity index (χ1n) is 6.53. The van der Waals surface area contributed by atoms with Gasteiger partial charge in [0.1, 0.15) is 0 Å². The van der Waals surface area contributed by atoms with Crippen molar-refractivity contribution in [3.63, 3.8) is 0 Å². The Labute approximate surface area is 101 Å². The van der Waals surface area contributed by atoms with Gasteiger partial charge >= 0.3 is 0 Å². The van der Waals surface area contributed by atoms with Crippen molar-refractivity contribution in [2.24, 2.45) is 11.8 Å². The van der Waals surface area contributed by atoms with Crippen LogP contribution in [0.15, 0.2) is 5.51 Å². The molecule has 1 fully saturated rings. The summed E-state index contributed by atoms with van der Waals surface area (Å²) in [6, 6.07) is 0.734. The highest BCUT2D eigenvalue weighted by atomic mass is 32.1. The second-order valence-corrected chi connectivity index (χ2v) is 6.13. The molecule has 0 radical (unpaired) electrons. The van der Waals surface area contributed by atoms with Crippen molar-refractivity contribution in [2.45, 2.75) is 45.1 Å². The molecule has 1 aromatic heterocycles. The second-order valence-electron chi connectivity index (χ2n) is 5.19. The van der Waals surface area contributed by atoms with Gasteiger partial charge in [-0.15, -0.1) is 11.3 Å². The van der Waals surface area contributed by atoms with Crippen LogP contribution in [0.2, 0.25) is 0 Å². The van der Waals surface area contributed by atoms with Gasteiger partial charge in [0, 0.05) is 10.9 Å². The lowest BCUT2D eigenvalue weighted by atomic mass is 9.72. The fourth-order valence-corrected chi connectivity index (χ4v) is 4.31. The van der Waals surface area contributed by atoms with Gasteiger partial charge in [-0.25, -0.2) is 4.98 Å². The molecule has 2 aliphatic rings. The largest absolute Gasteiger partial charge is 0.313 e. The summed E-state index contributed by atoms with van der Waals surface area (Å²) in [5.41, 5.74) is 3.42. The topological polar surface area (TPSA) is 24.9 Å². The van der Waals surface area contributed by atoms with Crippen molar-refractivity contribution in [3.8, 4) is 0 Å². The van der Waals surface area contributed by atoms with Crippen LogP contribution in [-0.2, 0) is 12.8 Å². The monoisotopic (exact) mass is 236 g/mol. The molecule has 2 nitrogen and oxygen atoms in total. The highest BCUT2D eigenvalue weighted by Crippen LogP contribution is 2.37. The second kappa shape index (κ2) is 4.46. The smallest absolute Gasteiger partial charge is 0.0797 e. The molecule has 1 aromatic rings. The SMILES string of the molecule is CCCC1CCN[C@@H]2Cc3scnc3C[C@@H]12. The normalized spacial score (nSPS) is 33.2. The van der Waals surface area contributed by atoms with Crippen molar-refractivity contribution in [1.29, 1.82) is 0 Å². The molecule has 1 unspecified atom stereocenters. The van der Waals surface area contributed by atoms with Gasteiger partial charge in [-0.2, -0.15) is 0 Å². The van der Waals surface area contributed by atoms with Crippen LogP contribution in [0.4, 0.5) is 0 Å². The summed E-state index contributed by atoms with van der Waals surface area (Å²) < 4.78 is 0. The zero-order chi connectivity index (χ0) is 11.0. The van der Waals surface area contributed by atoms with Crippen molar-refractivity contribution in [2.75, 3.05) is 6.54 Å². The molecule has 3 atom stereocenters. The van der Waals surface area contributed by atoms with Gasteiger partial charge in [-0.3, -0.25) is 0 Å². The highest BCUT2D eigenvalue weighted by molar-refractivity contribution is 7.09. The van der Waals surface area contributed by atoms with E-state index in [9.17, 15) is 0 Å². The average molecular weight is 236 g/mol. The number of fused-ring (bicyclic) bond motifs is 2. The van der Waals surface area contributed by atoms with E-state index >= 15 is 0 Å². The lowest BCUT2D eigenvalue weighted by Gasteiger charge is -2.41. The van der Waals surface area contributed by atoms with Gasteiger partial charge in [0.25, 0.3) is 0 Å². The van der Waals surface area contributed by atoms with E-state index < -0.39 is 0 Å². The van der Waals surface area contributed by atoms with Crippen molar-refractivity contribution in [1.82, 2.24) is 10.3 Å². The van der Waals surface area contributed by atoms with Gasteiger partial charge in [0.05, 0.1) is 11.2 Å². The first-order valence-corrected chi connectivity index (χ1v) is 7.41. The summed E-state index contributed by atoms with van der Waals surface area (Å²) in [7, 11) is 0. The van der Waals surface area contributed by atoms with E-state index in [-0.39, 0.29) is 0 Å². The first kappa shape index (κ1) is 10.7. The van der Waals surface area contributed by atoms with Crippen LogP contribution in [0.25, 0.3) is 0 Å². The van der Waals surface area contributed by atoms with Crippen LogP contribution >= 0.6 is 11.3 Å². The Hall–Kier alpha value is -0.410. The number of hydrogen-bond acceptors (Lipinski definition) is 3. The molecule has 1 N–H and O–H groups in total. The zero-order valence-electron chi connectivity index (χ0n) is 9.91. The molecule has 1 aliphatic heterocycles. The summed E-state index contributed by atoms with van der Waals surface area (Å²) in [5.74, 6) is 1.79. The molecule has 3 heteroatoms. The predicted molar refractivity (Wildman–Crippen MR) is 67.8 cm³/mol. The minimum atomic E-state index is 0.734. The van der Waals surface area contributed by atoms with E-state index in [1.165, 1.54) is 49.2 Å². The summed E-state index contributed by atoms with van der Waals surface area (Å²) >= 11 is 1.84. The van der Waals surface area contributed by atoms with Gasteiger partial charge in [0.15, 0.2) is 0 Å². The number of aromatic nitrogens is 1. The summed E-state index contributed by atoms with van der Waals surface area (Å²) in [4.78, 5) is 6.07. The maximum atomic E-state index is 4.53. The van der Waals surface area contributed by atoms with E-state index in [1.54, 1.807) is 0 Å². The van der Waals surface area contributed by atoms with Crippen LogP contribution in [0, 0.1) is 11.8 Å². The fraction of sp³-hybridized carbons (Fsp3) is 0.769. The van der Waals surface area contributed by atoms with Crippen LogP contribution < -0.4 is 5.32 Å². The summed E-state index contributed by atoms with van der Waals surface area (Å²) in [6.07, 6.45) is 6.56. The molecule has 0 saturated carbocycles. The van der Waals surface area contributed by atoms with Crippen LogP contribution in [0.5, 0.6) is 0 Å². The Kier molecular flexibility index (Phi) is 2.99. The Balaban J connectivity index is 1.81. The minimum Gasteiger partial charge on any atom is -0.313 e. The third-order valence-electron chi connectivity index (χ3n) is 4.26. The predicted octanol–water partition coefficient (Wildman–Crippen LogP) is 2.64. The van der Waals surface area contributed by atoms with Crippen molar-refractivity contribution >= 4 is 11.3 Å². The lowest BCUT2D eigenvalue weighted by Crippen LogP contribution is -2.50. The Morgan fingerprint density at radius 3 is 3.31 bits per heavy atom. The number of piperidine rings is 1. The Morgan fingerprint density at radius 1 is 1.50 bits per heavy atom. The van der Waals surface area contributed by atoms with Crippen molar-refractivity contribution < 1.29 is 0 Å². The average Bonchev–Trinajstić information content (AvgIpc) is 2.74. The number of hydrogen-bond donors (Lipinski definition) is 1. The van der Waals surface area contributed by atoms with Gasteiger partial charge in [0.2, 0.25) is 0 Å². The van der Waals surface area contributed by atoms with E-state index in [0.29, 0.717) is 0 Å². The Morgan fingerprint density at radius 2 is 2.44 bits per heavy atom. The molecular formula is C13H20N2S. The van der Waals surface area contributed by atoms with Gasteiger partial charge in [-0.05, 0) is 37.6 Å². The maximum absolute atomic E-state index is 4.53. The van der Waals surface area contributed by atoms with Crippen LogP contribution in [0.3, 0.4) is 0 Å². The summed E-state index contributed by atoms with van der Waals surface area (Å²) in [6.45, 7) is 3.54. The number of rotatable bonds is 2. The standard InChI is InChI=1S/C13H20N2S/c1-2-3-9-4-5-14-11-7-13-12(6-10(9)11)15-8-16-13/h8-11,14H,2-7H2,1H3/t9?,10-,11+/m0/s1.